The first-order chi connectivity index (χ1) is 13.7. The minimum absolute atomic E-state index is 0.172. The van der Waals surface area contributed by atoms with Gasteiger partial charge in [-0.15, -0.1) is 0 Å². The fourth-order valence-corrected chi connectivity index (χ4v) is 5.49. The van der Waals surface area contributed by atoms with Gasteiger partial charge in [0.1, 0.15) is 5.58 Å². The molecule has 0 unspecified atom stereocenters. The number of aromatic amines is 1. The minimum Gasteiger partial charge on any atom is -0.443 e. The monoisotopic (exact) mass is 451 g/mol. The van der Waals surface area contributed by atoms with Gasteiger partial charge in [0, 0.05) is 22.7 Å². The fraction of sp³-hybridized carbons (Fsp3) is 0.0556. The topological polar surface area (TPSA) is 122 Å². The van der Waals surface area contributed by atoms with Crippen molar-refractivity contribution in [1.82, 2.24) is 10.2 Å². The van der Waals surface area contributed by atoms with E-state index in [0.29, 0.717) is 16.7 Å². The van der Waals surface area contributed by atoms with E-state index in [1.165, 1.54) is 36.5 Å². The Labute approximate surface area is 171 Å². The van der Waals surface area contributed by atoms with Crippen LogP contribution >= 0.6 is 11.6 Å². The van der Waals surface area contributed by atoms with E-state index in [9.17, 15) is 16.8 Å². The number of sulfonamides is 1. The van der Waals surface area contributed by atoms with Gasteiger partial charge < -0.3 is 4.42 Å². The Morgan fingerprint density at radius 3 is 2.55 bits per heavy atom. The molecule has 2 aromatic carbocycles. The summed E-state index contributed by atoms with van der Waals surface area (Å²) < 4.78 is 59.0. The van der Waals surface area contributed by atoms with Gasteiger partial charge in [0.2, 0.25) is 5.09 Å². The van der Waals surface area contributed by atoms with Gasteiger partial charge in [0.05, 0.1) is 22.0 Å². The number of benzene rings is 2. The number of nitrogens with zero attached hydrogens (tertiary/aromatic N) is 1. The van der Waals surface area contributed by atoms with Crippen LogP contribution in [0.4, 0.5) is 5.69 Å². The zero-order chi connectivity index (χ0) is 20.6. The number of hydrogen-bond donors (Lipinski definition) is 2. The third-order valence-electron chi connectivity index (χ3n) is 4.09. The summed E-state index contributed by atoms with van der Waals surface area (Å²) in [6, 6.07) is 13.5. The Hall–Kier alpha value is -2.82. The standard InChI is InChI=1S/C18H14ClN3O5S2/c19-13-5-6-17(28(23,24)11-14-7-8-20-21-14)15(10-13)22-29(25,26)18-9-12-3-1-2-4-16(12)27-18/h1-10,22H,11H2,(H,20,21). The number of para-hydroxylation sites is 1. The molecule has 8 nitrogen and oxygen atoms in total. The molecule has 0 atom stereocenters. The molecule has 0 spiro atoms. The summed E-state index contributed by atoms with van der Waals surface area (Å²) in [7, 11) is -8.11. The highest BCUT2D eigenvalue weighted by molar-refractivity contribution is 7.93. The van der Waals surface area contributed by atoms with E-state index in [1.54, 1.807) is 24.3 Å². The van der Waals surface area contributed by atoms with Crippen LogP contribution in [-0.4, -0.2) is 27.0 Å². The quantitative estimate of drug-likeness (QED) is 0.462. The lowest BCUT2D eigenvalue weighted by Gasteiger charge is -2.12. The largest absolute Gasteiger partial charge is 0.443 e. The van der Waals surface area contributed by atoms with Crippen LogP contribution in [0.25, 0.3) is 11.0 Å². The van der Waals surface area contributed by atoms with Gasteiger partial charge in [-0.3, -0.25) is 9.82 Å². The fourth-order valence-electron chi connectivity index (χ4n) is 2.78. The van der Waals surface area contributed by atoms with Crippen LogP contribution in [0, 0.1) is 0 Å². The molecule has 0 aliphatic carbocycles. The maximum Gasteiger partial charge on any atom is 0.295 e. The number of aromatic nitrogens is 2. The van der Waals surface area contributed by atoms with Crippen molar-refractivity contribution in [3.8, 4) is 0 Å². The van der Waals surface area contributed by atoms with Crippen molar-refractivity contribution in [2.75, 3.05) is 4.72 Å². The molecule has 2 aromatic heterocycles. The number of H-pyrrole nitrogens is 1. The second-order valence-corrected chi connectivity index (χ2v) is 10.2. The van der Waals surface area contributed by atoms with Gasteiger partial charge in [0.15, 0.2) is 9.84 Å². The molecule has 0 fully saturated rings. The third kappa shape index (κ3) is 4.00. The number of fused-ring (bicyclic) bond motifs is 1. The van der Waals surface area contributed by atoms with Gasteiger partial charge in [-0.2, -0.15) is 13.5 Å². The summed E-state index contributed by atoms with van der Waals surface area (Å²) >= 11 is 5.98. The highest BCUT2D eigenvalue weighted by atomic mass is 35.5. The zero-order valence-electron chi connectivity index (χ0n) is 14.7. The van der Waals surface area contributed by atoms with E-state index < -0.39 is 25.6 Å². The maximum atomic E-state index is 12.8. The van der Waals surface area contributed by atoms with E-state index >= 15 is 0 Å². The number of hydrogen-bond acceptors (Lipinski definition) is 6. The molecule has 0 amide bonds. The van der Waals surface area contributed by atoms with Gasteiger partial charge >= 0.3 is 0 Å². The Balaban J connectivity index is 1.74. The molecule has 29 heavy (non-hydrogen) atoms. The lowest BCUT2D eigenvalue weighted by atomic mass is 10.3. The average molecular weight is 452 g/mol. The maximum absolute atomic E-state index is 12.8. The van der Waals surface area contributed by atoms with Crippen molar-refractivity contribution in [1.29, 1.82) is 0 Å². The van der Waals surface area contributed by atoms with Crippen LogP contribution in [0.15, 0.2) is 75.2 Å². The molecule has 11 heteroatoms. The number of rotatable bonds is 6. The van der Waals surface area contributed by atoms with E-state index in [4.69, 9.17) is 16.0 Å². The number of anilines is 1. The summed E-state index contributed by atoms with van der Waals surface area (Å²) in [6.45, 7) is 0. The second-order valence-electron chi connectivity index (χ2n) is 6.17. The van der Waals surface area contributed by atoms with E-state index in [2.05, 4.69) is 14.9 Å². The molecule has 2 N–H and O–H groups in total. The van der Waals surface area contributed by atoms with Crippen molar-refractivity contribution in [3.05, 3.63) is 71.5 Å². The van der Waals surface area contributed by atoms with Crippen molar-refractivity contribution in [2.24, 2.45) is 0 Å². The van der Waals surface area contributed by atoms with Gasteiger partial charge in [-0.25, -0.2) is 8.42 Å². The molecule has 0 radical (unpaired) electrons. The first kappa shape index (κ1) is 19.5. The van der Waals surface area contributed by atoms with Crippen LogP contribution in [0.2, 0.25) is 5.02 Å². The Kier molecular flexibility index (Phi) is 4.85. The van der Waals surface area contributed by atoms with Crippen LogP contribution in [0.3, 0.4) is 0 Å². The molecule has 0 bridgehead atoms. The minimum atomic E-state index is -4.20. The molecule has 4 aromatic rings. The van der Waals surface area contributed by atoms with Crippen molar-refractivity contribution in [2.45, 2.75) is 15.7 Å². The number of sulfone groups is 1. The summed E-state index contributed by atoms with van der Waals surface area (Å²) in [6.07, 6.45) is 1.50. The summed E-state index contributed by atoms with van der Waals surface area (Å²) in [5, 5.41) is 6.81. The Bertz CT molecular complexity index is 1360. The Morgan fingerprint density at radius 1 is 1.03 bits per heavy atom. The van der Waals surface area contributed by atoms with Gasteiger partial charge in [-0.1, -0.05) is 29.8 Å². The SMILES string of the molecule is O=S(=O)(Cc1cc[nH]n1)c1ccc(Cl)cc1NS(=O)(=O)c1cc2ccccc2o1. The van der Waals surface area contributed by atoms with E-state index in [0.717, 1.165) is 0 Å². The summed E-state index contributed by atoms with van der Waals surface area (Å²) in [5.74, 6) is -0.405. The van der Waals surface area contributed by atoms with Crippen molar-refractivity contribution in [3.63, 3.8) is 0 Å². The predicted molar refractivity (Wildman–Crippen MR) is 108 cm³/mol. The predicted octanol–water partition coefficient (Wildman–Crippen LogP) is 3.58. The van der Waals surface area contributed by atoms with Crippen molar-refractivity contribution >= 4 is 48.1 Å². The van der Waals surface area contributed by atoms with E-state index in [1.807, 2.05) is 0 Å². The summed E-state index contributed by atoms with van der Waals surface area (Å²) in [5.41, 5.74) is 0.518. The van der Waals surface area contributed by atoms with Crippen LogP contribution in [-0.2, 0) is 25.6 Å². The first-order valence-corrected chi connectivity index (χ1v) is 11.8. The molecule has 2 heterocycles. The molecule has 4 rings (SSSR count). The van der Waals surface area contributed by atoms with Crippen molar-refractivity contribution < 1.29 is 21.3 Å². The number of halogens is 1. The van der Waals surface area contributed by atoms with Crippen LogP contribution in [0.1, 0.15) is 5.69 Å². The molecule has 0 aliphatic heterocycles. The summed E-state index contributed by atoms with van der Waals surface area (Å²) in [4.78, 5) is -0.218. The Morgan fingerprint density at radius 2 is 1.83 bits per heavy atom. The third-order valence-corrected chi connectivity index (χ3v) is 7.24. The lowest BCUT2D eigenvalue weighted by Crippen LogP contribution is -2.16. The zero-order valence-corrected chi connectivity index (χ0v) is 17.1. The molecule has 0 aliphatic rings. The smallest absolute Gasteiger partial charge is 0.295 e. The number of furan rings is 1. The first-order valence-electron chi connectivity index (χ1n) is 8.27. The number of nitrogens with one attached hydrogen (secondary N) is 2. The average Bonchev–Trinajstić information content (AvgIpc) is 3.30. The van der Waals surface area contributed by atoms with Gasteiger partial charge in [-0.05, 0) is 30.3 Å². The second kappa shape index (κ2) is 7.21. The van der Waals surface area contributed by atoms with E-state index in [-0.39, 0.29) is 20.7 Å². The molecule has 0 saturated carbocycles. The van der Waals surface area contributed by atoms with Crippen LogP contribution in [0.5, 0.6) is 0 Å². The van der Waals surface area contributed by atoms with Crippen LogP contribution < -0.4 is 4.72 Å². The highest BCUT2D eigenvalue weighted by Crippen LogP contribution is 2.31. The molecular weight excluding hydrogens is 438 g/mol. The lowest BCUT2D eigenvalue weighted by molar-refractivity contribution is 0.484. The molecular formula is C18H14ClN3O5S2. The molecule has 150 valence electrons. The van der Waals surface area contributed by atoms with Gasteiger partial charge in [0.25, 0.3) is 10.0 Å². The molecule has 0 saturated heterocycles. The highest BCUT2D eigenvalue weighted by Gasteiger charge is 2.26. The normalized spacial score (nSPS) is 12.3.